The third-order valence-electron chi connectivity index (χ3n) is 6.66. The van der Waals surface area contributed by atoms with Crippen molar-refractivity contribution >= 4 is 11.9 Å². The maximum Gasteiger partial charge on any atom is 0.311 e. The summed E-state index contributed by atoms with van der Waals surface area (Å²) >= 11 is 0. The van der Waals surface area contributed by atoms with E-state index in [0.29, 0.717) is 13.0 Å². The molecule has 0 fully saturated rings. The van der Waals surface area contributed by atoms with Crippen molar-refractivity contribution in [3.63, 3.8) is 0 Å². The minimum atomic E-state index is -0.747. The molecule has 33 heavy (non-hydrogen) atoms. The minimum absolute atomic E-state index is 0.130. The van der Waals surface area contributed by atoms with Gasteiger partial charge in [0, 0.05) is 0 Å². The van der Waals surface area contributed by atoms with Crippen molar-refractivity contribution < 1.29 is 29.6 Å². The van der Waals surface area contributed by atoms with Crippen molar-refractivity contribution in [2.45, 2.75) is 143 Å². The topological polar surface area (TPSA) is 104 Å². The molecule has 0 saturated carbocycles. The molecular formula is C27H52O6. The van der Waals surface area contributed by atoms with Gasteiger partial charge in [0.2, 0.25) is 0 Å². The first-order valence-electron chi connectivity index (χ1n) is 13.2. The van der Waals surface area contributed by atoms with Gasteiger partial charge in [-0.15, -0.1) is 0 Å². The summed E-state index contributed by atoms with van der Waals surface area (Å²) in [5.41, 5.74) is -1.10. The van der Waals surface area contributed by atoms with Crippen LogP contribution in [-0.2, 0) is 14.3 Å². The van der Waals surface area contributed by atoms with Gasteiger partial charge in [-0.05, 0) is 73.1 Å². The third kappa shape index (κ3) is 16.2. The number of hydrogen-bond acceptors (Lipinski definition) is 5. The van der Waals surface area contributed by atoms with Crippen LogP contribution in [0.2, 0.25) is 0 Å². The number of aliphatic carboxylic acids is 1. The predicted octanol–water partition coefficient (Wildman–Crippen LogP) is 6.26. The number of rotatable bonds is 21. The summed E-state index contributed by atoms with van der Waals surface area (Å²) in [7, 11) is 0. The Labute approximate surface area is 202 Å². The SMILES string of the molecule is CCOC(=O)C(C)(C)CCCCCC(O)CCCCCC(O)CCCCCC(C)(C)C(=O)O. The van der Waals surface area contributed by atoms with Gasteiger partial charge in [-0.1, -0.05) is 57.8 Å². The van der Waals surface area contributed by atoms with Gasteiger partial charge in [-0.25, -0.2) is 0 Å². The second-order valence-corrected chi connectivity index (χ2v) is 10.9. The van der Waals surface area contributed by atoms with Crippen LogP contribution in [0.15, 0.2) is 0 Å². The highest BCUT2D eigenvalue weighted by Gasteiger charge is 2.28. The number of carbonyl (C=O) groups excluding carboxylic acids is 1. The highest BCUT2D eigenvalue weighted by Crippen LogP contribution is 2.26. The number of unbranched alkanes of at least 4 members (excludes halogenated alkanes) is 6. The molecule has 0 rings (SSSR count). The van der Waals surface area contributed by atoms with Crippen LogP contribution in [0, 0.1) is 10.8 Å². The Kier molecular flexibility index (Phi) is 16.7. The number of carboxylic acid groups (broad SMARTS) is 1. The highest BCUT2D eigenvalue weighted by atomic mass is 16.5. The monoisotopic (exact) mass is 472 g/mol. The number of hydrogen-bond donors (Lipinski definition) is 3. The lowest BCUT2D eigenvalue weighted by Crippen LogP contribution is -2.26. The Bertz CT molecular complexity index is 529. The Hall–Kier alpha value is -1.14. The molecule has 2 unspecified atom stereocenters. The molecule has 0 aliphatic carbocycles. The largest absolute Gasteiger partial charge is 0.481 e. The lowest BCUT2D eigenvalue weighted by atomic mass is 9.87. The first kappa shape index (κ1) is 31.9. The van der Waals surface area contributed by atoms with E-state index in [1.807, 2.05) is 20.8 Å². The molecule has 0 saturated heterocycles. The van der Waals surface area contributed by atoms with E-state index in [1.54, 1.807) is 13.8 Å². The number of ether oxygens (including phenoxy) is 1. The normalized spacial score (nSPS) is 14.2. The van der Waals surface area contributed by atoms with E-state index in [0.717, 1.165) is 89.9 Å². The molecule has 196 valence electrons. The van der Waals surface area contributed by atoms with Crippen molar-refractivity contribution in [2.24, 2.45) is 10.8 Å². The lowest BCUT2D eigenvalue weighted by molar-refractivity contribution is -0.153. The van der Waals surface area contributed by atoms with Crippen LogP contribution in [0.4, 0.5) is 0 Å². The Morgan fingerprint density at radius 2 is 1.03 bits per heavy atom. The van der Waals surface area contributed by atoms with Gasteiger partial charge in [0.1, 0.15) is 0 Å². The summed E-state index contributed by atoms with van der Waals surface area (Å²) in [6, 6.07) is 0. The molecule has 0 aliphatic heterocycles. The number of carbonyl (C=O) groups is 2. The van der Waals surface area contributed by atoms with Crippen LogP contribution in [0.3, 0.4) is 0 Å². The maximum atomic E-state index is 11.9. The van der Waals surface area contributed by atoms with Gasteiger partial charge in [0.25, 0.3) is 0 Å². The zero-order valence-electron chi connectivity index (χ0n) is 22.0. The van der Waals surface area contributed by atoms with Crippen LogP contribution in [0.5, 0.6) is 0 Å². The van der Waals surface area contributed by atoms with Crippen LogP contribution < -0.4 is 0 Å². The van der Waals surface area contributed by atoms with E-state index in [-0.39, 0.29) is 18.2 Å². The first-order valence-corrected chi connectivity index (χ1v) is 13.2. The van der Waals surface area contributed by atoms with Crippen LogP contribution in [0.25, 0.3) is 0 Å². The molecule has 0 spiro atoms. The fourth-order valence-corrected chi connectivity index (χ4v) is 4.01. The smallest absolute Gasteiger partial charge is 0.311 e. The van der Waals surface area contributed by atoms with E-state index in [4.69, 9.17) is 9.84 Å². The molecule has 0 aliphatic rings. The van der Waals surface area contributed by atoms with Crippen LogP contribution >= 0.6 is 0 Å². The Morgan fingerprint density at radius 1 is 0.667 bits per heavy atom. The average molecular weight is 473 g/mol. The fourth-order valence-electron chi connectivity index (χ4n) is 4.01. The van der Waals surface area contributed by atoms with Gasteiger partial charge in [-0.2, -0.15) is 0 Å². The second kappa shape index (κ2) is 17.3. The van der Waals surface area contributed by atoms with Crippen molar-refractivity contribution in [1.29, 1.82) is 0 Å². The van der Waals surface area contributed by atoms with Crippen molar-refractivity contribution in [2.75, 3.05) is 6.61 Å². The molecular weight excluding hydrogens is 420 g/mol. The molecule has 0 amide bonds. The fraction of sp³-hybridized carbons (Fsp3) is 0.926. The molecule has 0 bridgehead atoms. The van der Waals surface area contributed by atoms with Gasteiger partial charge in [0.05, 0.1) is 29.6 Å². The van der Waals surface area contributed by atoms with Crippen molar-refractivity contribution in [1.82, 2.24) is 0 Å². The number of aliphatic hydroxyl groups is 2. The van der Waals surface area contributed by atoms with Gasteiger partial charge < -0.3 is 20.1 Å². The van der Waals surface area contributed by atoms with Crippen molar-refractivity contribution in [3.05, 3.63) is 0 Å². The quantitative estimate of drug-likeness (QED) is 0.134. The van der Waals surface area contributed by atoms with Crippen LogP contribution in [-0.4, -0.2) is 46.1 Å². The zero-order chi connectivity index (χ0) is 25.3. The number of aliphatic hydroxyl groups excluding tert-OH is 2. The van der Waals surface area contributed by atoms with E-state index in [1.165, 1.54) is 0 Å². The standard InChI is InChI=1S/C27H52O6/c1-6-33-25(32)27(4,5)21-15-9-13-19-23(29)17-11-7-10-16-22(28)18-12-8-14-20-26(2,3)24(30)31/h22-23,28-29H,6-21H2,1-5H3,(H,30,31). The summed E-state index contributed by atoms with van der Waals surface area (Å²) in [5.74, 6) is -0.877. The Balaban J connectivity index is 3.63. The van der Waals surface area contributed by atoms with Gasteiger partial charge in [-0.3, -0.25) is 9.59 Å². The second-order valence-electron chi connectivity index (χ2n) is 10.9. The zero-order valence-corrected chi connectivity index (χ0v) is 22.0. The predicted molar refractivity (Wildman–Crippen MR) is 133 cm³/mol. The van der Waals surface area contributed by atoms with Crippen LogP contribution in [0.1, 0.15) is 131 Å². The first-order chi connectivity index (χ1) is 15.4. The van der Waals surface area contributed by atoms with E-state index >= 15 is 0 Å². The molecule has 6 heteroatoms. The molecule has 6 nitrogen and oxygen atoms in total. The molecule has 3 N–H and O–H groups in total. The molecule has 0 aromatic rings. The molecule has 0 aromatic heterocycles. The molecule has 0 heterocycles. The molecule has 2 atom stereocenters. The van der Waals surface area contributed by atoms with Crippen molar-refractivity contribution in [3.8, 4) is 0 Å². The third-order valence-corrected chi connectivity index (χ3v) is 6.66. The summed E-state index contributed by atoms with van der Waals surface area (Å²) in [6.07, 6.45) is 12.9. The number of carboxylic acids is 1. The maximum absolute atomic E-state index is 11.9. The van der Waals surface area contributed by atoms with E-state index in [2.05, 4.69) is 0 Å². The molecule has 0 aromatic carbocycles. The lowest BCUT2D eigenvalue weighted by Gasteiger charge is -2.22. The Morgan fingerprint density at radius 3 is 1.39 bits per heavy atom. The van der Waals surface area contributed by atoms with Gasteiger partial charge in [0.15, 0.2) is 0 Å². The summed E-state index contributed by atoms with van der Waals surface area (Å²) in [5, 5.41) is 29.4. The van der Waals surface area contributed by atoms with Gasteiger partial charge >= 0.3 is 11.9 Å². The summed E-state index contributed by atoms with van der Waals surface area (Å²) in [6.45, 7) is 9.63. The summed E-state index contributed by atoms with van der Waals surface area (Å²) in [4.78, 5) is 23.0. The average Bonchev–Trinajstić information content (AvgIpc) is 2.72. The summed E-state index contributed by atoms with van der Waals surface area (Å²) < 4.78 is 5.12. The highest BCUT2D eigenvalue weighted by molar-refractivity contribution is 5.75. The van der Waals surface area contributed by atoms with E-state index in [9.17, 15) is 19.8 Å². The number of esters is 1. The minimum Gasteiger partial charge on any atom is -0.481 e. The van der Waals surface area contributed by atoms with E-state index < -0.39 is 16.8 Å². The molecule has 0 radical (unpaired) electrons.